The molecule has 0 bridgehead atoms. The minimum Gasteiger partial charge on any atom is -0.382 e. The summed E-state index contributed by atoms with van der Waals surface area (Å²) in [6.45, 7) is 5.08. The second-order valence-corrected chi connectivity index (χ2v) is 6.70. The molecule has 2 aromatic heterocycles. The van der Waals surface area contributed by atoms with Crippen molar-refractivity contribution in [2.24, 2.45) is 0 Å². The standard InChI is InChI=1S/C18H21N7O/c1-10-3-4-13-14(7-10)23-18(22-13)16-17(19)20-8-15(24-16)25-6-5-12(9-25)21-11(2)26/h3-4,7-8,12H,5-6,9H2,1-2H3,(H2,19,20)(H,21,26)(H,22,23)/t12-/m0/s1. The number of aromatic amines is 1. The number of amides is 1. The molecule has 3 heterocycles. The zero-order valence-electron chi connectivity index (χ0n) is 14.8. The van der Waals surface area contributed by atoms with Crippen molar-refractivity contribution in [3.63, 3.8) is 0 Å². The summed E-state index contributed by atoms with van der Waals surface area (Å²) < 4.78 is 0. The van der Waals surface area contributed by atoms with Crippen molar-refractivity contribution < 1.29 is 4.79 Å². The molecule has 134 valence electrons. The second kappa shape index (κ2) is 6.29. The first-order valence-electron chi connectivity index (χ1n) is 8.61. The molecule has 1 atom stereocenters. The number of nitrogens with zero attached hydrogens (tertiary/aromatic N) is 4. The number of rotatable bonds is 3. The molecule has 1 fully saturated rings. The van der Waals surface area contributed by atoms with Crippen molar-refractivity contribution in [2.45, 2.75) is 26.3 Å². The van der Waals surface area contributed by atoms with E-state index in [0.29, 0.717) is 23.9 Å². The van der Waals surface area contributed by atoms with E-state index in [0.717, 1.165) is 35.4 Å². The van der Waals surface area contributed by atoms with Gasteiger partial charge in [-0.15, -0.1) is 0 Å². The van der Waals surface area contributed by atoms with Crippen LogP contribution in [0.4, 0.5) is 11.6 Å². The fraction of sp³-hybridized carbons (Fsp3) is 0.333. The summed E-state index contributed by atoms with van der Waals surface area (Å²) in [6.07, 6.45) is 2.55. The van der Waals surface area contributed by atoms with E-state index >= 15 is 0 Å². The lowest BCUT2D eigenvalue weighted by molar-refractivity contribution is -0.119. The van der Waals surface area contributed by atoms with Crippen LogP contribution >= 0.6 is 0 Å². The summed E-state index contributed by atoms with van der Waals surface area (Å²) in [4.78, 5) is 30.2. The maximum Gasteiger partial charge on any atom is 0.217 e. The number of H-pyrrole nitrogens is 1. The highest BCUT2D eigenvalue weighted by atomic mass is 16.1. The first-order chi connectivity index (χ1) is 12.5. The van der Waals surface area contributed by atoms with Crippen molar-refractivity contribution in [3.8, 4) is 11.5 Å². The molecule has 1 amide bonds. The average molecular weight is 351 g/mol. The number of hydrogen-bond acceptors (Lipinski definition) is 6. The van der Waals surface area contributed by atoms with Crippen molar-refractivity contribution in [1.82, 2.24) is 25.3 Å². The Morgan fingerprint density at radius 3 is 3.04 bits per heavy atom. The number of fused-ring (bicyclic) bond motifs is 1. The molecule has 4 rings (SSSR count). The van der Waals surface area contributed by atoms with E-state index in [1.165, 1.54) is 6.92 Å². The van der Waals surface area contributed by atoms with Gasteiger partial charge in [-0.05, 0) is 31.0 Å². The number of aromatic nitrogens is 4. The number of benzene rings is 1. The molecule has 3 aromatic rings. The lowest BCUT2D eigenvalue weighted by Gasteiger charge is -2.18. The van der Waals surface area contributed by atoms with Crippen LogP contribution in [0.1, 0.15) is 18.9 Å². The second-order valence-electron chi connectivity index (χ2n) is 6.70. The third kappa shape index (κ3) is 3.05. The number of anilines is 2. The number of hydrogen-bond donors (Lipinski definition) is 3. The van der Waals surface area contributed by atoms with Crippen LogP contribution in [0.3, 0.4) is 0 Å². The smallest absolute Gasteiger partial charge is 0.217 e. The van der Waals surface area contributed by atoms with Gasteiger partial charge in [0, 0.05) is 26.1 Å². The van der Waals surface area contributed by atoms with E-state index < -0.39 is 0 Å². The molecule has 1 saturated heterocycles. The molecule has 1 aliphatic rings. The van der Waals surface area contributed by atoms with Crippen molar-refractivity contribution in [3.05, 3.63) is 30.0 Å². The number of nitrogens with two attached hydrogens (primary N) is 1. The van der Waals surface area contributed by atoms with Gasteiger partial charge in [0.15, 0.2) is 17.3 Å². The van der Waals surface area contributed by atoms with Gasteiger partial charge < -0.3 is 20.9 Å². The van der Waals surface area contributed by atoms with E-state index in [1.807, 2.05) is 25.1 Å². The quantitative estimate of drug-likeness (QED) is 0.661. The van der Waals surface area contributed by atoms with Crippen LogP contribution in [0.5, 0.6) is 0 Å². The Bertz CT molecular complexity index is 981. The number of nitrogen functional groups attached to an aromatic ring is 1. The van der Waals surface area contributed by atoms with Crippen LogP contribution in [-0.2, 0) is 4.79 Å². The molecule has 0 saturated carbocycles. The molecule has 8 nitrogen and oxygen atoms in total. The highest BCUT2D eigenvalue weighted by Crippen LogP contribution is 2.26. The largest absolute Gasteiger partial charge is 0.382 e. The number of imidazole rings is 1. The lowest BCUT2D eigenvalue weighted by Crippen LogP contribution is -2.35. The number of carbonyl (C=O) groups is 1. The van der Waals surface area contributed by atoms with Crippen LogP contribution in [0.2, 0.25) is 0 Å². The molecule has 0 aliphatic carbocycles. The zero-order valence-corrected chi connectivity index (χ0v) is 14.8. The summed E-state index contributed by atoms with van der Waals surface area (Å²) >= 11 is 0. The summed E-state index contributed by atoms with van der Waals surface area (Å²) in [6, 6.07) is 6.16. The van der Waals surface area contributed by atoms with E-state index in [2.05, 4.69) is 30.2 Å². The van der Waals surface area contributed by atoms with Gasteiger partial charge in [-0.25, -0.2) is 15.0 Å². The Balaban J connectivity index is 1.65. The molecule has 26 heavy (non-hydrogen) atoms. The molecular formula is C18H21N7O. The van der Waals surface area contributed by atoms with Gasteiger partial charge in [-0.3, -0.25) is 4.79 Å². The minimum absolute atomic E-state index is 0.0153. The van der Waals surface area contributed by atoms with Crippen molar-refractivity contribution in [2.75, 3.05) is 23.7 Å². The molecular weight excluding hydrogens is 330 g/mol. The van der Waals surface area contributed by atoms with E-state index in [9.17, 15) is 4.79 Å². The minimum atomic E-state index is -0.0153. The normalized spacial score (nSPS) is 17.0. The molecule has 4 N–H and O–H groups in total. The highest BCUT2D eigenvalue weighted by Gasteiger charge is 2.25. The molecule has 0 spiro atoms. The molecule has 0 unspecified atom stereocenters. The maximum absolute atomic E-state index is 11.2. The van der Waals surface area contributed by atoms with Gasteiger partial charge in [0.25, 0.3) is 0 Å². The lowest BCUT2D eigenvalue weighted by atomic mass is 10.2. The predicted molar refractivity (Wildman–Crippen MR) is 101 cm³/mol. The zero-order chi connectivity index (χ0) is 18.3. The number of carbonyl (C=O) groups excluding carboxylic acids is 1. The Morgan fingerprint density at radius 1 is 1.38 bits per heavy atom. The molecule has 8 heteroatoms. The third-order valence-electron chi connectivity index (χ3n) is 4.57. The van der Waals surface area contributed by atoms with Gasteiger partial charge in [-0.2, -0.15) is 0 Å². The first-order valence-corrected chi connectivity index (χ1v) is 8.61. The van der Waals surface area contributed by atoms with Crippen molar-refractivity contribution in [1.29, 1.82) is 0 Å². The summed E-state index contributed by atoms with van der Waals surface area (Å²) in [5.41, 5.74) is 9.56. The number of nitrogens with one attached hydrogen (secondary N) is 2. The van der Waals surface area contributed by atoms with E-state index in [4.69, 9.17) is 5.73 Å². The van der Waals surface area contributed by atoms with Crippen LogP contribution in [0.15, 0.2) is 24.4 Å². The van der Waals surface area contributed by atoms with Gasteiger partial charge in [0.2, 0.25) is 5.91 Å². The molecule has 1 aromatic carbocycles. The predicted octanol–water partition coefficient (Wildman–Crippen LogP) is 1.63. The third-order valence-corrected chi connectivity index (χ3v) is 4.57. The van der Waals surface area contributed by atoms with Crippen LogP contribution in [0.25, 0.3) is 22.6 Å². The molecule has 1 aliphatic heterocycles. The average Bonchev–Trinajstić information content (AvgIpc) is 3.21. The summed E-state index contributed by atoms with van der Waals surface area (Å²) in [7, 11) is 0. The Morgan fingerprint density at radius 2 is 2.23 bits per heavy atom. The van der Waals surface area contributed by atoms with Gasteiger partial charge in [-0.1, -0.05) is 6.07 Å². The highest BCUT2D eigenvalue weighted by molar-refractivity contribution is 5.81. The topological polar surface area (TPSA) is 113 Å². The van der Waals surface area contributed by atoms with E-state index in [-0.39, 0.29) is 11.9 Å². The van der Waals surface area contributed by atoms with E-state index in [1.54, 1.807) is 6.20 Å². The number of aryl methyl sites for hydroxylation is 1. The van der Waals surface area contributed by atoms with Gasteiger partial charge in [0.05, 0.1) is 17.2 Å². The van der Waals surface area contributed by atoms with Crippen LogP contribution in [-0.4, -0.2) is 45.0 Å². The maximum atomic E-state index is 11.2. The van der Waals surface area contributed by atoms with Crippen LogP contribution in [0, 0.1) is 6.92 Å². The SMILES string of the molecule is CC(=O)N[C@H]1CCN(c2cnc(N)c(-c3nc4ccc(C)cc4[nH]3)n2)C1. The summed E-state index contributed by atoms with van der Waals surface area (Å²) in [5, 5.41) is 2.95. The first kappa shape index (κ1) is 16.3. The monoisotopic (exact) mass is 351 g/mol. The Kier molecular flexibility index (Phi) is 3.95. The summed E-state index contributed by atoms with van der Waals surface area (Å²) in [5.74, 6) is 1.66. The van der Waals surface area contributed by atoms with Gasteiger partial charge >= 0.3 is 0 Å². The van der Waals surface area contributed by atoms with Crippen LogP contribution < -0.4 is 16.0 Å². The molecule has 0 radical (unpaired) electrons. The fourth-order valence-corrected chi connectivity index (χ4v) is 3.32. The van der Waals surface area contributed by atoms with Gasteiger partial charge in [0.1, 0.15) is 5.82 Å². The fourth-order valence-electron chi connectivity index (χ4n) is 3.32. The van der Waals surface area contributed by atoms with Crippen molar-refractivity contribution >= 4 is 28.6 Å². The Labute approximate surface area is 150 Å². The Hall–Kier alpha value is -3.16.